The Bertz CT molecular complexity index is 373. The molecule has 2 aliphatic heterocycles. The Balaban J connectivity index is 1.54. The third-order valence-corrected chi connectivity index (χ3v) is 6.58. The summed E-state index contributed by atoms with van der Waals surface area (Å²) in [6.07, 6.45) is 11.3. The standard InChI is InChI=1S/C18H32N2O/c1-3-18(2)10-12-20(13-11-18)17(21)16-9-8-14-6-4-5-7-15(14)19-16/h14-16,19H,3-13H2,1-2H3. The molecule has 0 aromatic heterocycles. The topological polar surface area (TPSA) is 32.3 Å². The molecule has 0 radical (unpaired) electrons. The van der Waals surface area contributed by atoms with Crippen LogP contribution in [0, 0.1) is 11.3 Å². The fourth-order valence-corrected chi connectivity index (χ4v) is 4.53. The van der Waals surface area contributed by atoms with E-state index in [1.165, 1.54) is 51.4 Å². The monoisotopic (exact) mass is 292 g/mol. The molecule has 1 N–H and O–H groups in total. The second kappa shape index (κ2) is 6.28. The van der Waals surface area contributed by atoms with Gasteiger partial charge in [0.15, 0.2) is 0 Å². The fourth-order valence-electron chi connectivity index (χ4n) is 4.53. The minimum absolute atomic E-state index is 0.107. The van der Waals surface area contributed by atoms with Crippen LogP contribution < -0.4 is 5.32 Å². The molecule has 0 aromatic rings. The van der Waals surface area contributed by atoms with Gasteiger partial charge in [-0.25, -0.2) is 0 Å². The van der Waals surface area contributed by atoms with Gasteiger partial charge in [0.05, 0.1) is 6.04 Å². The number of carbonyl (C=O) groups is 1. The highest BCUT2D eigenvalue weighted by molar-refractivity contribution is 5.82. The first-order valence-electron chi connectivity index (χ1n) is 9.16. The van der Waals surface area contributed by atoms with Crippen LogP contribution in [0.3, 0.4) is 0 Å². The Kier molecular flexibility index (Phi) is 4.58. The summed E-state index contributed by atoms with van der Waals surface area (Å²) >= 11 is 0. The lowest BCUT2D eigenvalue weighted by atomic mass is 9.76. The Morgan fingerprint density at radius 3 is 2.57 bits per heavy atom. The number of nitrogens with one attached hydrogen (secondary N) is 1. The highest BCUT2D eigenvalue weighted by Crippen LogP contribution is 2.35. The summed E-state index contributed by atoms with van der Waals surface area (Å²) in [7, 11) is 0. The third kappa shape index (κ3) is 3.28. The van der Waals surface area contributed by atoms with Crippen molar-refractivity contribution in [3.8, 4) is 0 Å². The van der Waals surface area contributed by atoms with Crippen LogP contribution in [0.15, 0.2) is 0 Å². The van der Waals surface area contributed by atoms with E-state index in [-0.39, 0.29) is 6.04 Å². The molecular weight excluding hydrogens is 260 g/mol. The Labute approximate surface area is 129 Å². The molecule has 0 spiro atoms. The Morgan fingerprint density at radius 1 is 1.14 bits per heavy atom. The van der Waals surface area contributed by atoms with E-state index in [0.717, 1.165) is 25.4 Å². The lowest BCUT2D eigenvalue weighted by Crippen LogP contribution is -2.57. The minimum atomic E-state index is 0.107. The Morgan fingerprint density at radius 2 is 1.86 bits per heavy atom. The van der Waals surface area contributed by atoms with Crippen molar-refractivity contribution in [2.24, 2.45) is 11.3 Å². The molecule has 1 saturated carbocycles. The van der Waals surface area contributed by atoms with Crippen LogP contribution in [0.4, 0.5) is 0 Å². The number of hydrogen-bond acceptors (Lipinski definition) is 2. The van der Waals surface area contributed by atoms with Gasteiger partial charge in [0.2, 0.25) is 5.91 Å². The summed E-state index contributed by atoms with van der Waals surface area (Å²) in [5.74, 6) is 1.23. The predicted molar refractivity (Wildman–Crippen MR) is 86.1 cm³/mol. The smallest absolute Gasteiger partial charge is 0.239 e. The van der Waals surface area contributed by atoms with E-state index >= 15 is 0 Å². The second-order valence-electron chi connectivity index (χ2n) is 7.94. The number of rotatable bonds is 2. The minimum Gasteiger partial charge on any atom is -0.341 e. The van der Waals surface area contributed by atoms with Crippen LogP contribution in [0.2, 0.25) is 0 Å². The van der Waals surface area contributed by atoms with Crippen molar-refractivity contribution in [1.29, 1.82) is 0 Å². The fraction of sp³-hybridized carbons (Fsp3) is 0.944. The van der Waals surface area contributed by atoms with Crippen LogP contribution in [-0.4, -0.2) is 36.0 Å². The van der Waals surface area contributed by atoms with Crippen LogP contribution in [-0.2, 0) is 4.79 Å². The maximum absolute atomic E-state index is 12.8. The number of fused-ring (bicyclic) bond motifs is 1. The van der Waals surface area contributed by atoms with Gasteiger partial charge >= 0.3 is 0 Å². The molecule has 3 nitrogen and oxygen atoms in total. The average molecular weight is 292 g/mol. The van der Waals surface area contributed by atoms with Gasteiger partial charge in [0.1, 0.15) is 0 Å². The van der Waals surface area contributed by atoms with Gasteiger partial charge in [-0.15, -0.1) is 0 Å². The van der Waals surface area contributed by atoms with E-state index in [2.05, 4.69) is 24.1 Å². The van der Waals surface area contributed by atoms with E-state index < -0.39 is 0 Å². The zero-order valence-electron chi connectivity index (χ0n) is 13.9. The number of carbonyl (C=O) groups excluding carboxylic acids is 1. The molecule has 1 aliphatic carbocycles. The van der Waals surface area contributed by atoms with Gasteiger partial charge in [0.25, 0.3) is 0 Å². The molecule has 2 heterocycles. The Hall–Kier alpha value is -0.570. The van der Waals surface area contributed by atoms with Crippen LogP contribution in [0.5, 0.6) is 0 Å². The van der Waals surface area contributed by atoms with E-state index in [9.17, 15) is 4.79 Å². The SMILES string of the molecule is CCC1(C)CCN(C(=O)C2CCC3CCCCC3N2)CC1. The molecule has 120 valence electrons. The zero-order chi connectivity index (χ0) is 14.9. The summed E-state index contributed by atoms with van der Waals surface area (Å²) in [5, 5.41) is 3.70. The molecule has 3 unspecified atom stereocenters. The average Bonchev–Trinajstić information content (AvgIpc) is 2.54. The van der Waals surface area contributed by atoms with Crippen molar-refractivity contribution < 1.29 is 4.79 Å². The molecule has 3 heteroatoms. The molecule has 3 atom stereocenters. The maximum Gasteiger partial charge on any atom is 0.239 e. The predicted octanol–water partition coefficient (Wildman–Crippen LogP) is 3.34. The highest BCUT2D eigenvalue weighted by atomic mass is 16.2. The first-order valence-corrected chi connectivity index (χ1v) is 9.16. The van der Waals surface area contributed by atoms with Crippen molar-refractivity contribution in [3.63, 3.8) is 0 Å². The number of hydrogen-bond donors (Lipinski definition) is 1. The van der Waals surface area contributed by atoms with Gasteiger partial charge in [-0.1, -0.05) is 33.1 Å². The number of likely N-dealkylation sites (tertiary alicyclic amines) is 1. The molecule has 3 fully saturated rings. The van der Waals surface area contributed by atoms with Crippen LogP contribution in [0.25, 0.3) is 0 Å². The lowest BCUT2D eigenvalue weighted by Gasteiger charge is -2.44. The van der Waals surface area contributed by atoms with Crippen molar-refractivity contribution in [3.05, 3.63) is 0 Å². The summed E-state index contributed by atoms with van der Waals surface area (Å²) in [4.78, 5) is 14.9. The summed E-state index contributed by atoms with van der Waals surface area (Å²) < 4.78 is 0. The van der Waals surface area contributed by atoms with Crippen molar-refractivity contribution in [2.75, 3.05) is 13.1 Å². The quantitative estimate of drug-likeness (QED) is 0.846. The molecule has 0 aromatic carbocycles. The molecular formula is C18H32N2O. The van der Waals surface area contributed by atoms with Crippen molar-refractivity contribution in [1.82, 2.24) is 10.2 Å². The summed E-state index contributed by atoms with van der Waals surface area (Å²) in [5.41, 5.74) is 0.464. The van der Waals surface area contributed by atoms with Gasteiger partial charge in [-0.2, -0.15) is 0 Å². The maximum atomic E-state index is 12.8. The third-order valence-electron chi connectivity index (χ3n) is 6.58. The van der Waals surface area contributed by atoms with E-state index in [0.29, 0.717) is 17.4 Å². The van der Waals surface area contributed by atoms with Crippen LogP contribution >= 0.6 is 0 Å². The zero-order valence-corrected chi connectivity index (χ0v) is 13.9. The number of piperidine rings is 2. The molecule has 1 amide bonds. The molecule has 3 aliphatic rings. The number of amides is 1. The lowest BCUT2D eigenvalue weighted by molar-refractivity contribution is -0.137. The first kappa shape index (κ1) is 15.3. The van der Waals surface area contributed by atoms with Crippen LogP contribution in [0.1, 0.15) is 71.6 Å². The first-order chi connectivity index (χ1) is 10.1. The number of nitrogens with zero attached hydrogens (tertiary/aromatic N) is 1. The largest absolute Gasteiger partial charge is 0.341 e. The molecule has 3 rings (SSSR count). The van der Waals surface area contributed by atoms with E-state index in [1.807, 2.05) is 0 Å². The normalized spacial score (nSPS) is 36.1. The van der Waals surface area contributed by atoms with Gasteiger partial charge in [-0.05, 0) is 49.9 Å². The second-order valence-corrected chi connectivity index (χ2v) is 7.94. The molecule has 21 heavy (non-hydrogen) atoms. The van der Waals surface area contributed by atoms with Gasteiger partial charge < -0.3 is 10.2 Å². The molecule has 0 bridgehead atoms. The van der Waals surface area contributed by atoms with Crippen molar-refractivity contribution in [2.45, 2.75) is 83.7 Å². The summed E-state index contributed by atoms with van der Waals surface area (Å²) in [6, 6.07) is 0.725. The van der Waals surface area contributed by atoms with E-state index in [4.69, 9.17) is 0 Å². The molecule has 2 saturated heterocycles. The highest BCUT2D eigenvalue weighted by Gasteiger charge is 2.38. The summed E-state index contributed by atoms with van der Waals surface area (Å²) in [6.45, 7) is 6.59. The van der Waals surface area contributed by atoms with Gasteiger partial charge in [0, 0.05) is 19.1 Å². The van der Waals surface area contributed by atoms with Gasteiger partial charge in [-0.3, -0.25) is 4.79 Å². The van der Waals surface area contributed by atoms with Crippen molar-refractivity contribution >= 4 is 5.91 Å². The van der Waals surface area contributed by atoms with E-state index in [1.54, 1.807) is 0 Å².